The number of carbonyl (C=O) groups is 1. The summed E-state index contributed by atoms with van der Waals surface area (Å²) in [6.45, 7) is 1.58. The molecule has 4 nitrogen and oxygen atoms in total. The van der Waals surface area contributed by atoms with E-state index in [9.17, 15) is 18.0 Å². The van der Waals surface area contributed by atoms with Crippen LogP contribution in [0.4, 0.5) is 18.9 Å². The number of carbonyl (C=O) groups excluding carboxylic acids is 1. The average Bonchev–Trinajstić information content (AvgIpc) is 2.40. The van der Waals surface area contributed by atoms with Gasteiger partial charge in [0.25, 0.3) is 5.91 Å². The molecule has 0 spiro atoms. The normalized spacial score (nSPS) is 11.3. The van der Waals surface area contributed by atoms with Crippen molar-refractivity contribution in [3.05, 3.63) is 52.6 Å². The highest BCUT2D eigenvalue weighted by atomic mass is 35.5. The number of alkyl halides is 3. The van der Waals surface area contributed by atoms with Gasteiger partial charge in [-0.3, -0.25) is 9.78 Å². The predicted octanol–water partition coefficient (Wildman–Crippen LogP) is 3.71. The molecule has 1 heterocycles. The van der Waals surface area contributed by atoms with E-state index >= 15 is 0 Å². The topological polar surface area (TPSA) is 54.9 Å². The molecule has 0 radical (unpaired) electrons. The number of nitrogens with one attached hydrogen (secondary N) is 1. The van der Waals surface area contributed by atoms with Gasteiger partial charge in [-0.1, -0.05) is 17.7 Å². The lowest BCUT2D eigenvalue weighted by molar-refractivity contribution is -0.137. The minimum atomic E-state index is -4.48. The Kier molecular flexibility index (Phi) is 4.13. The molecule has 2 aromatic rings. The molecule has 0 aliphatic heterocycles. The van der Waals surface area contributed by atoms with Crippen LogP contribution in [0.3, 0.4) is 0 Å². The first-order chi connectivity index (χ1) is 9.77. The van der Waals surface area contributed by atoms with Crippen LogP contribution in [0.15, 0.2) is 30.6 Å². The van der Waals surface area contributed by atoms with Crippen LogP contribution in [0.1, 0.15) is 21.6 Å². The lowest BCUT2D eigenvalue weighted by Crippen LogP contribution is -2.16. The molecule has 0 saturated heterocycles. The van der Waals surface area contributed by atoms with Gasteiger partial charge in [-0.15, -0.1) is 0 Å². The van der Waals surface area contributed by atoms with Gasteiger partial charge in [0, 0.05) is 5.69 Å². The Morgan fingerprint density at radius 2 is 2.00 bits per heavy atom. The Balaban J connectivity index is 2.29. The van der Waals surface area contributed by atoms with Crippen LogP contribution in [0.25, 0.3) is 0 Å². The molecular weight excluding hydrogens is 307 g/mol. The molecule has 0 unspecified atom stereocenters. The first kappa shape index (κ1) is 15.2. The van der Waals surface area contributed by atoms with Crippen LogP contribution < -0.4 is 5.32 Å². The van der Waals surface area contributed by atoms with Crippen LogP contribution in [0.5, 0.6) is 0 Å². The first-order valence-electron chi connectivity index (χ1n) is 5.74. The number of hydrogen-bond donors (Lipinski definition) is 1. The number of aromatic nitrogens is 2. The smallest absolute Gasteiger partial charge is 0.320 e. The third-order valence-corrected chi connectivity index (χ3v) is 2.83. The third-order valence-electron chi connectivity index (χ3n) is 2.65. The highest BCUT2D eigenvalue weighted by Crippen LogP contribution is 2.32. The Hall–Kier alpha value is -2.15. The molecule has 0 atom stereocenters. The SMILES string of the molecule is Cc1ccc(C(F)(F)F)cc1NC(=O)c1cncc(Cl)n1. The Morgan fingerprint density at radius 3 is 2.62 bits per heavy atom. The lowest BCUT2D eigenvalue weighted by atomic mass is 10.1. The van der Waals surface area contributed by atoms with Crippen molar-refractivity contribution in [1.82, 2.24) is 9.97 Å². The molecule has 1 aromatic carbocycles. The largest absolute Gasteiger partial charge is 0.416 e. The maximum Gasteiger partial charge on any atom is 0.416 e. The quantitative estimate of drug-likeness (QED) is 0.919. The van der Waals surface area contributed by atoms with Crippen LogP contribution in [0, 0.1) is 6.92 Å². The predicted molar refractivity (Wildman–Crippen MR) is 71.2 cm³/mol. The molecule has 2 rings (SSSR count). The van der Waals surface area contributed by atoms with Gasteiger partial charge in [0.2, 0.25) is 0 Å². The summed E-state index contributed by atoms with van der Waals surface area (Å²) in [5.41, 5.74) is -0.386. The van der Waals surface area contributed by atoms with E-state index in [4.69, 9.17) is 11.6 Å². The maximum absolute atomic E-state index is 12.7. The molecule has 8 heteroatoms. The Morgan fingerprint density at radius 1 is 1.29 bits per heavy atom. The number of aryl methyl sites for hydroxylation is 1. The van der Waals surface area contributed by atoms with Crippen LogP contribution in [-0.2, 0) is 6.18 Å². The van der Waals surface area contributed by atoms with E-state index in [0.29, 0.717) is 5.56 Å². The summed E-state index contributed by atoms with van der Waals surface area (Å²) in [4.78, 5) is 19.4. The van der Waals surface area contributed by atoms with Gasteiger partial charge in [0.15, 0.2) is 0 Å². The molecule has 21 heavy (non-hydrogen) atoms. The van der Waals surface area contributed by atoms with E-state index in [0.717, 1.165) is 12.1 Å². The van der Waals surface area contributed by atoms with Crippen molar-refractivity contribution in [3.8, 4) is 0 Å². The molecule has 110 valence electrons. The first-order valence-corrected chi connectivity index (χ1v) is 6.12. The minimum absolute atomic E-state index is 0.0171. The second kappa shape index (κ2) is 5.69. The summed E-state index contributed by atoms with van der Waals surface area (Å²) in [7, 11) is 0. The zero-order valence-electron chi connectivity index (χ0n) is 10.7. The van der Waals surface area contributed by atoms with Crippen molar-refractivity contribution in [3.63, 3.8) is 0 Å². The van der Waals surface area contributed by atoms with Crippen molar-refractivity contribution < 1.29 is 18.0 Å². The van der Waals surface area contributed by atoms with Gasteiger partial charge in [-0.25, -0.2) is 4.98 Å². The molecular formula is C13H9ClF3N3O. The zero-order chi connectivity index (χ0) is 15.6. The summed E-state index contributed by atoms with van der Waals surface area (Å²) in [5.74, 6) is -0.688. The van der Waals surface area contributed by atoms with E-state index < -0.39 is 17.6 Å². The molecule has 1 aromatic heterocycles. The zero-order valence-corrected chi connectivity index (χ0v) is 11.5. The number of halogens is 4. The molecule has 1 amide bonds. The summed E-state index contributed by atoms with van der Waals surface area (Å²) in [6, 6.07) is 3.09. The fraction of sp³-hybridized carbons (Fsp3) is 0.154. The van der Waals surface area contributed by atoms with E-state index in [2.05, 4.69) is 15.3 Å². The summed E-state index contributed by atoms with van der Waals surface area (Å²) < 4.78 is 38.0. The van der Waals surface area contributed by atoms with Crippen LogP contribution >= 0.6 is 11.6 Å². The van der Waals surface area contributed by atoms with Gasteiger partial charge >= 0.3 is 6.18 Å². The van der Waals surface area contributed by atoms with Gasteiger partial charge in [-0.05, 0) is 24.6 Å². The molecule has 1 N–H and O–H groups in total. The molecule has 0 aliphatic carbocycles. The number of benzene rings is 1. The highest BCUT2D eigenvalue weighted by Gasteiger charge is 2.31. The standard InChI is InChI=1S/C13H9ClF3N3O/c1-7-2-3-8(13(15,16)17)4-9(7)20-12(21)10-5-18-6-11(14)19-10/h2-6H,1H3,(H,20,21). The molecule has 0 fully saturated rings. The van der Waals surface area contributed by atoms with Gasteiger partial charge < -0.3 is 5.32 Å². The second-order valence-electron chi connectivity index (χ2n) is 4.21. The Bertz CT molecular complexity index is 689. The average molecular weight is 316 g/mol. The van der Waals surface area contributed by atoms with Crippen molar-refractivity contribution >= 4 is 23.2 Å². The summed E-state index contributed by atoms with van der Waals surface area (Å²) >= 11 is 5.61. The maximum atomic E-state index is 12.7. The molecule has 0 bridgehead atoms. The van der Waals surface area contributed by atoms with Crippen molar-refractivity contribution in [2.75, 3.05) is 5.32 Å². The molecule has 0 aliphatic rings. The van der Waals surface area contributed by atoms with E-state index in [1.54, 1.807) is 6.92 Å². The Labute approximate surface area is 123 Å². The fourth-order valence-electron chi connectivity index (χ4n) is 1.57. The monoisotopic (exact) mass is 315 g/mol. The van der Waals surface area contributed by atoms with Gasteiger partial charge in [0.1, 0.15) is 10.8 Å². The number of rotatable bonds is 2. The van der Waals surface area contributed by atoms with Crippen LogP contribution in [-0.4, -0.2) is 15.9 Å². The van der Waals surface area contributed by atoms with Crippen molar-refractivity contribution in [1.29, 1.82) is 0 Å². The number of anilines is 1. The van der Waals surface area contributed by atoms with Crippen molar-refractivity contribution in [2.45, 2.75) is 13.1 Å². The van der Waals surface area contributed by atoms with Gasteiger partial charge in [0.05, 0.1) is 18.0 Å². The molecule has 0 saturated carbocycles. The van der Waals surface area contributed by atoms with E-state index in [1.165, 1.54) is 18.5 Å². The summed E-state index contributed by atoms with van der Waals surface area (Å²) in [5, 5.41) is 2.38. The number of nitrogens with zero attached hydrogens (tertiary/aromatic N) is 2. The lowest BCUT2D eigenvalue weighted by Gasteiger charge is -2.12. The highest BCUT2D eigenvalue weighted by molar-refractivity contribution is 6.29. The fourth-order valence-corrected chi connectivity index (χ4v) is 1.72. The minimum Gasteiger partial charge on any atom is -0.320 e. The third kappa shape index (κ3) is 3.69. The second-order valence-corrected chi connectivity index (χ2v) is 4.60. The number of amides is 1. The van der Waals surface area contributed by atoms with E-state index in [1.807, 2.05) is 0 Å². The van der Waals surface area contributed by atoms with Crippen LogP contribution in [0.2, 0.25) is 5.15 Å². The van der Waals surface area contributed by atoms with E-state index in [-0.39, 0.29) is 16.5 Å². The summed E-state index contributed by atoms with van der Waals surface area (Å²) in [6.07, 6.45) is -2.07. The number of hydrogen-bond acceptors (Lipinski definition) is 3. The van der Waals surface area contributed by atoms with Crippen molar-refractivity contribution in [2.24, 2.45) is 0 Å². The van der Waals surface area contributed by atoms with Gasteiger partial charge in [-0.2, -0.15) is 13.2 Å².